The molecular formula is C12H16FNO. The van der Waals surface area contributed by atoms with E-state index >= 15 is 0 Å². The second kappa shape index (κ2) is 2.91. The molecule has 0 aromatic heterocycles. The average Bonchev–Trinajstić information content (AvgIpc) is 2.10. The van der Waals surface area contributed by atoms with Gasteiger partial charge in [-0.25, -0.2) is 14.2 Å². The number of isocyanates is 1. The maximum atomic E-state index is 14.4. The number of alkyl halides is 1. The fourth-order valence-electron chi connectivity index (χ4n) is 4.72. The Balaban J connectivity index is 1.89. The molecule has 3 heteroatoms. The van der Waals surface area contributed by atoms with E-state index in [0.29, 0.717) is 24.8 Å². The molecule has 0 spiro atoms. The van der Waals surface area contributed by atoms with Crippen LogP contribution in [0.15, 0.2) is 4.99 Å². The van der Waals surface area contributed by atoms with Crippen LogP contribution in [0.3, 0.4) is 0 Å². The second-order valence-corrected chi connectivity index (χ2v) is 6.02. The molecule has 4 aliphatic carbocycles. The summed E-state index contributed by atoms with van der Waals surface area (Å²) < 4.78 is 14.4. The van der Waals surface area contributed by atoms with Gasteiger partial charge in [0.1, 0.15) is 5.67 Å². The van der Waals surface area contributed by atoms with Crippen molar-refractivity contribution in [1.29, 1.82) is 0 Å². The van der Waals surface area contributed by atoms with Gasteiger partial charge in [-0.15, -0.1) is 0 Å². The Hall–Kier alpha value is -0.690. The van der Waals surface area contributed by atoms with Gasteiger partial charge < -0.3 is 0 Å². The highest BCUT2D eigenvalue weighted by Gasteiger charge is 2.58. The molecule has 82 valence electrons. The Labute approximate surface area is 89.0 Å². The third kappa shape index (κ3) is 1.45. The van der Waals surface area contributed by atoms with Crippen molar-refractivity contribution in [1.82, 2.24) is 0 Å². The molecule has 2 nitrogen and oxygen atoms in total. The summed E-state index contributed by atoms with van der Waals surface area (Å²) in [6.45, 7) is 0.509. The molecule has 0 aromatic carbocycles. The van der Waals surface area contributed by atoms with Gasteiger partial charge in [-0.2, -0.15) is 0 Å². The lowest BCUT2D eigenvalue weighted by molar-refractivity contribution is -0.118. The van der Waals surface area contributed by atoms with Crippen LogP contribution in [-0.4, -0.2) is 18.3 Å². The number of aliphatic imine (C=N–C) groups is 1. The van der Waals surface area contributed by atoms with Crippen molar-refractivity contribution in [3.05, 3.63) is 0 Å². The molecule has 4 saturated carbocycles. The molecule has 4 bridgehead atoms. The molecule has 0 radical (unpaired) electrons. The summed E-state index contributed by atoms with van der Waals surface area (Å²) in [5.74, 6) is 1.11. The molecule has 4 rings (SSSR count). The monoisotopic (exact) mass is 209 g/mol. The number of nitrogens with zero attached hydrogens (tertiary/aromatic N) is 1. The fourth-order valence-corrected chi connectivity index (χ4v) is 4.72. The van der Waals surface area contributed by atoms with Crippen molar-refractivity contribution in [2.45, 2.75) is 44.2 Å². The van der Waals surface area contributed by atoms with E-state index in [1.165, 1.54) is 6.42 Å². The van der Waals surface area contributed by atoms with Gasteiger partial charge in [0.2, 0.25) is 6.08 Å². The predicted octanol–water partition coefficient (Wildman–Crippen LogP) is 2.63. The van der Waals surface area contributed by atoms with Crippen LogP contribution in [0.5, 0.6) is 0 Å². The van der Waals surface area contributed by atoms with E-state index in [4.69, 9.17) is 0 Å². The first kappa shape index (κ1) is 9.53. The van der Waals surface area contributed by atoms with E-state index in [2.05, 4.69) is 4.99 Å². The van der Waals surface area contributed by atoms with E-state index in [-0.39, 0.29) is 5.41 Å². The van der Waals surface area contributed by atoms with E-state index in [1.807, 2.05) is 0 Å². The Kier molecular flexibility index (Phi) is 1.85. The maximum absolute atomic E-state index is 14.4. The molecule has 0 aliphatic heterocycles. The standard InChI is InChI=1S/C12H16FNO/c13-12-4-9-1-10(5-12)3-11(2-9,6-12)7-14-8-15/h9-10H,1-7H2. The van der Waals surface area contributed by atoms with Crippen LogP contribution in [0, 0.1) is 17.3 Å². The zero-order chi connectivity index (χ0) is 10.5. The van der Waals surface area contributed by atoms with Gasteiger partial charge in [0.25, 0.3) is 0 Å². The Morgan fingerprint density at radius 2 is 1.93 bits per heavy atom. The first-order valence-electron chi connectivity index (χ1n) is 5.86. The molecular weight excluding hydrogens is 193 g/mol. The Morgan fingerprint density at radius 1 is 1.27 bits per heavy atom. The average molecular weight is 209 g/mol. The lowest BCUT2D eigenvalue weighted by Crippen LogP contribution is -2.54. The summed E-state index contributed by atoms with van der Waals surface area (Å²) in [5, 5.41) is 0. The molecule has 0 saturated heterocycles. The highest BCUT2D eigenvalue weighted by atomic mass is 19.1. The molecule has 2 atom stereocenters. The SMILES string of the molecule is O=C=NCC12CC3CC(CC(F)(C3)C1)C2. The maximum Gasteiger partial charge on any atom is 0.234 e. The third-order valence-electron chi connectivity index (χ3n) is 4.59. The number of carbonyl (C=O) groups excluding carboxylic acids is 1. The summed E-state index contributed by atoms with van der Waals surface area (Å²) >= 11 is 0. The van der Waals surface area contributed by atoms with Gasteiger partial charge >= 0.3 is 0 Å². The molecule has 0 amide bonds. The van der Waals surface area contributed by atoms with Gasteiger partial charge in [0.15, 0.2) is 0 Å². The van der Waals surface area contributed by atoms with Crippen LogP contribution in [0.2, 0.25) is 0 Å². The van der Waals surface area contributed by atoms with Crippen LogP contribution in [0.1, 0.15) is 38.5 Å². The van der Waals surface area contributed by atoms with Gasteiger partial charge in [0.05, 0.1) is 6.54 Å². The largest absolute Gasteiger partial charge is 0.244 e. The molecule has 0 N–H and O–H groups in total. The molecule has 4 fully saturated rings. The third-order valence-corrected chi connectivity index (χ3v) is 4.59. The quantitative estimate of drug-likeness (QED) is 0.507. The van der Waals surface area contributed by atoms with Gasteiger partial charge in [-0.1, -0.05) is 0 Å². The molecule has 4 aliphatic rings. The zero-order valence-electron chi connectivity index (χ0n) is 8.84. The summed E-state index contributed by atoms with van der Waals surface area (Å²) in [6.07, 6.45) is 7.14. The van der Waals surface area contributed by atoms with Crippen molar-refractivity contribution in [3.63, 3.8) is 0 Å². The number of halogens is 1. The van der Waals surface area contributed by atoms with Crippen molar-refractivity contribution in [3.8, 4) is 0 Å². The van der Waals surface area contributed by atoms with Gasteiger partial charge in [-0.3, -0.25) is 0 Å². The van der Waals surface area contributed by atoms with Crippen molar-refractivity contribution in [2.75, 3.05) is 6.54 Å². The topological polar surface area (TPSA) is 29.4 Å². The predicted molar refractivity (Wildman–Crippen MR) is 53.9 cm³/mol. The van der Waals surface area contributed by atoms with Crippen LogP contribution < -0.4 is 0 Å². The minimum absolute atomic E-state index is 0.0102. The Bertz CT molecular complexity index is 321. The fraction of sp³-hybridized carbons (Fsp3) is 0.917. The van der Waals surface area contributed by atoms with Crippen LogP contribution >= 0.6 is 0 Å². The molecule has 0 aromatic rings. The first-order valence-corrected chi connectivity index (χ1v) is 5.86. The molecule has 0 heterocycles. The first-order chi connectivity index (χ1) is 7.13. The summed E-state index contributed by atoms with van der Waals surface area (Å²) in [4.78, 5) is 13.9. The second-order valence-electron chi connectivity index (χ2n) is 6.02. The molecule has 15 heavy (non-hydrogen) atoms. The lowest BCUT2D eigenvalue weighted by Gasteiger charge is -2.58. The summed E-state index contributed by atoms with van der Waals surface area (Å²) in [7, 11) is 0. The van der Waals surface area contributed by atoms with E-state index in [1.54, 1.807) is 6.08 Å². The van der Waals surface area contributed by atoms with Crippen molar-refractivity contribution in [2.24, 2.45) is 22.2 Å². The number of hydrogen-bond acceptors (Lipinski definition) is 2. The highest BCUT2D eigenvalue weighted by Crippen LogP contribution is 2.62. The van der Waals surface area contributed by atoms with Gasteiger partial charge in [-0.05, 0) is 55.8 Å². The molecule has 2 unspecified atom stereocenters. The minimum atomic E-state index is -0.928. The van der Waals surface area contributed by atoms with Crippen LogP contribution in [-0.2, 0) is 4.79 Å². The minimum Gasteiger partial charge on any atom is -0.244 e. The van der Waals surface area contributed by atoms with E-state index in [0.717, 1.165) is 25.7 Å². The van der Waals surface area contributed by atoms with Crippen molar-refractivity contribution >= 4 is 6.08 Å². The van der Waals surface area contributed by atoms with Crippen LogP contribution in [0.4, 0.5) is 4.39 Å². The lowest BCUT2D eigenvalue weighted by atomic mass is 9.48. The normalized spacial score (nSPS) is 51.5. The summed E-state index contributed by atoms with van der Waals surface area (Å²) in [6, 6.07) is 0. The van der Waals surface area contributed by atoms with Crippen molar-refractivity contribution < 1.29 is 9.18 Å². The number of hydrogen-bond donors (Lipinski definition) is 0. The summed E-state index contributed by atoms with van der Waals surface area (Å²) in [5.41, 5.74) is -0.918. The highest BCUT2D eigenvalue weighted by molar-refractivity contribution is 5.33. The van der Waals surface area contributed by atoms with E-state index < -0.39 is 5.67 Å². The number of rotatable bonds is 2. The van der Waals surface area contributed by atoms with E-state index in [9.17, 15) is 9.18 Å². The zero-order valence-corrected chi connectivity index (χ0v) is 8.84. The van der Waals surface area contributed by atoms with Crippen LogP contribution in [0.25, 0.3) is 0 Å². The van der Waals surface area contributed by atoms with Gasteiger partial charge in [0, 0.05) is 0 Å². The smallest absolute Gasteiger partial charge is 0.234 e. The Morgan fingerprint density at radius 3 is 2.47 bits per heavy atom.